The number of aromatic nitrogens is 1. The SMILES string of the molecule is CS(=O)(=O)c1ccccc1C(=O)OCc1csc(-c2cccs2)n1. The van der Waals surface area contributed by atoms with Crippen LogP contribution in [-0.4, -0.2) is 25.6 Å². The third kappa shape index (κ3) is 3.72. The van der Waals surface area contributed by atoms with Crippen molar-refractivity contribution in [1.82, 2.24) is 4.98 Å². The molecule has 0 radical (unpaired) electrons. The normalized spacial score (nSPS) is 11.4. The van der Waals surface area contributed by atoms with Crippen LogP contribution in [0.4, 0.5) is 0 Å². The number of nitrogens with zero attached hydrogens (tertiary/aromatic N) is 1. The first-order valence-electron chi connectivity index (χ1n) is 6.89. The van der Waals surface area contributed by atoms with Gasteiger partial charge in [-0.1, -0.05) is 18.2 Å². The van der Waals surface area contributed by atoms with Crippen LogP contribution in [0.3, 0.4) is 0 Å². The standard InChI is InChI=1S/C16H13NO4S3/c1-24(19,20)14-7-3-2-5-12(14)16(18)21-9-11-10-23-15(17-11)13-6-4-8-22-13/h2-8,10H,9H2,1H3. The summed E-state index contributed by atoms with van der Waals surface area (Å²) >= 11 is 3.06. The lowest BCUT2D eigenvalue weighted by Gasteiger charge is -2.07. The molecule has 8 heteroatoms. The van der Waals surface area contributed by atoms with Crippen LogP contribution < -0.4 is 0 Å². The molecule has 0 atom stereocenters. The average molecular weight is 379 g/mol. The first-order chi connectivity index (χ1) is 11.4. The highest BCUT2D eigenvalue weighted by molar-refractivity contribution is 7.90. The summed E-state index contributed by atoms with van der Waals surface area (Å²) in [5.74, 6) is -0.679. The number of thiophene rings is 1. The Hall–Kier alpha value is -2.03. The molecule has 3 aromatic rings. The maximum Gasteiger partial charge on any atom is 0.339 e. The first kappa shape index (κ1) is 16.8. The van der Waals surface area contributed by atoms with Crippen LogP contribution in [0.1, 0.15) is 16.1 Å². The van der Waals surface area contributed by atoms with E-state index in [2.05, 4.69) is 4.98 Å². The number of esters is 1. The summed E-state index contributed by atoms with van der Waals surface area (Å²) in [5, 5.41) is 4.66. The summed E-state index contributed by atoms with van der Waals surface area (Å²) in [6, 6.07) is 9.93. The average Bonchev–Trinajstić information content (AvgIpc) is 3.23. The third-order valence-corrected chi connectivity index (χ3v) is 6.23. The van der Waals surface area contributed by atoms with Crippen molar-refractivity contribution in [3.05, 3.63) is 58.4 Å². The summed E-state index contributed by atoms with van der Waals surface area (Å²) in [4.78, 5) is 17.7. The molecular formula is C16H13NO4S3. The molecule has 5 nitrogen and oxygen atoms in total. The monoisotopic (exact) mass is 379 g/mol. The van der Waals surface area contributed by atoms with Crippen molar-refractivity contribution >= 4 is 38.5 Å². The van der Waals surface area contributed by atoms with Gasteiger partial charge in [0.25, 0.3) is 0 Å². The van der Waals surface area contributed by atoms with Gasteiger partial charge in [0.05, 0.1) is 21.0 Å². The second kappa shape index (κ2) is 6.84. The van der Waals surface area contributed by atoms with E-state index >= 15 is 0 Å². The number of benzene rings is 1. The minimum absolute atomic E-state index is 0.00119. The number of thiazole rings is 1. The Labute approximate surface area is 147 Å². The summed E-state index contributed by atoms with van der Waals surface area (Å²) in [5.41, 5.74) is 0.669. The molecule has 0 saturated carbocycles. The highest BCUT2D eigenvalue weighted by atomic mass is 32.2. The summed E-state index contributed by atoms with van der Waals surface area (Å²) < 4.78 is 28.7. The minimum Gasteiger partial charge on any atom is -0.456 e. The smallest absolute Gasteiger partial charge is 0.339 e. The van der Waals surface area contributed by atoms with Crippen LogP contribution in [-0.2, 0) is 21.2 Å². The topological polar surface area (TPSA) is 73.3 Å². The lowest BCUT2D eigenvalue weighted by atomic mass is 10.2. The molecule has 0 amide bonds. The summed E-state index contributed by atoms with van der Waals surface area (Å²) in [6.07, 6.45) is 1.06. The molecule has 2 heterocycles. The Morgan fingerprint density at radius 2 is 1.96 bits per heavy atom. The Kier molecular flexibility index (Phi) is 4.79. The van der Waals surface area contributed by atoms with E-state index < -0.39 is 15.8 Å². The van der Waals surface area contributed by atoms with Crippen molar-refractivity contribution < 1.29 is 17.9 Å². The molecule has 3 rings (SSSR count). The lowest BCUT2D eigenvalue weighted by molar-refractivity contribution is 0.0464. The number of sulfone groups is 1. The van der Waals surface area contributed by atoms with Crippen molar-refractivity contribution in [2.45, 2.75) is 11.5 Å². The fraction of sp³-hybridized carbons (Fsp3) is 0.125. The Morgan fingerprint density at radius 3 is 2.67 bits per heavy atom. The van der Waals surface area contributed by atoms with Gasteiger partial charge in [0, 0.05) is 11.6 Å². The van der Waals surface area contributed by atoms with E-state index in [1.54, 1.807) is 23.5 Å². The summed E-state index contributed by atoms with van der Waals surface area (Å²) in [6.45, 7) is -0.00119. The fourth-order valence-electron chi connectivity index (χ4n) is 2.06. The second-order valence-corrected chi connectivity index (χ2v) is 8.76. The van der Waals surface area contributed by atoms with Gasteiger partial charge in [-0.15, -0.1) is 22.7 Å². The van der Waals surface area contributed by atoms with Crippen LogP contribution in [0.5, 0.6) is 0 Å². The maximum atomic E-state index is 12.2. The van der Waals surface area contributed by atoms with Crippen LogP contribution in [0.15, 0.2) is 52.1 Å². The fourth-order valence-corrected chi connectivity index (χ4v) is 4.56. The maximum absolute atomic E-state index is 12.2. The zero-order valence-electron chi connectivity index (χ0n) is 12.6. The molecule has 0 N–H and O–H groups in total. The number of carbonyl (C=O) groups excluding carboxylic acids is 1. The first-order valence-corrected chi connectivity index (χ1v) is 10.5. The van der Waals surface area contributed by atoms with Gasteiger partial charge in [0.2, 0.25) is 0 Å². The van der Waals surface area contributed by atoms with E-state index in [1.165, 1.54) is 23.5 Å². The zero-order chi connectivity index (χ0) is 17.2. The van der Waals surface area contributed by atoms with E-state index in [4.69, 9.17) is 4.74 Å². The molecule has 0 aliphatic heterocycles. The largest absolute Gasteiger partial charge is 0.456 e. The van der Waals surface area contributed by atoms with Crippen molar-refractivity contribution in [3.8, 4) is 9.88 Å². The van der Waals surface area contributed by atoms with Crippen molar-refractivity contribution in [2.24, 2.45) is 0 Å². The van der Waals surface area contributed by atoms with Gasteiger partial charge >= 0.3 is 5.97 Å². The van der Waals surface area contributed by atoms with E-state index in [0.29, 0.717) is 5.69 Å². The van der Waals surface area contributed by atoms with Gasteiger partial charge in [-0.2, -0.15) is 0 Å². The third-order valence-electron chi connectivity index (χ3n) is 3.14. The molecule has 1 aromatic carbocycles. The van der Waals surface area contributed by atoms with Gasteiger partial charge in [-0.25, -0.2) is 18.2 Å². The Morgan fingerprint density at radius 1 is 1.17 bits per heavy atom. The molecule has 0 spiro atoms. The van der Waals surface area contributed by atoms with Gasteiger partial charge in [0.15, 0.2) is 9.84 Å². The molecule has 0 saturated heterocycles. The van der Waals surface area contributed by atoms with Crippen LogP contribution >= 0.6 is 22.7 Å². The molecule has 2 aromatic heterocycles. The van der Waals surface area contributed by atoms with E-state index in [9.17, 15) is 13.2 Å². The Balaban J connectivity index is 1.73. The van der Waals surface area contributed by atoms with Gasteiger partial charge in [-0.05, 0) is 23.6 Å². The molecule has 0 unspecified atom stereocenters. The van der Waals surface area contributed by atoms with Gasteiger partial charge in [-0.3, -0.25) is 0 Å². The molecule has 24 heavy (non-hydrogen) atoms. The van der Waals surface area contributed by atoms with Crippen LogP contribution in [0, 0.1) is 0 Å². The number of hydrogen-bond acceptors (Lipinski definition) is 7. The van der Waals surface area contributed by atoms with Crippen molar-refractivity contribution in [1.29, 1.82) is 0 Å². The summed E-state index contributed by atoms with van der Waals surface area (Å²) in [7, 11) is -3.50. The number of carbonyl (C=O) groups is 1. The molecule has 0 fully saturated rings. The number of rotatable bonds is 5. The number of ether oxygens (including phenoxy) is 1. The van der Waals surface area contributed by atoms with Gasteiger partial charge in [0.1, 0.15) is 11.6 Å². The second-order valence-electron chi connectivity index (χ2n) is 4.97. The Bertz CT molecular complexity index is 959. The predicted octanol–water partition coefficient (Wildman–Crippen LogP) is 3.63. The van der Waals surface area contributed by atoms with Crippen LogP contribution in [0.2, 0.25) is 0 Å². The van der Waals surface area contributed by atoms with Gasteiger partial charge < -0.3 is 4.74 Å². The molecule has 0 aliphatic carbocycles. The molecule has 124 valence electrons. The molecule has 0 bridgehead atoms. The quantitative estimate of drug-likeness (QED) is 0.633. The molecule has 0 aliphatic rings. The number of hydrogen-bond donors (Lipinski definition) is 0. The van der Waals surface area contributed by atoms with Crippen LogP contribution in [0.25, 0.3) is 9.88 Å². The van der Waals surface area contributed by atoms with Crippen molar-refractivity contribution in [3.63, 3.8) is 0 Å². The minimum atomic E-state index is -3.50. The lowest BCUT2D eigenvalue weighted by Crippen LogP contribution is -2.11. The van der Waals surface area contributed by atoms with Crippen molar-refractivity contribution in [2.75, 3.05) is 6.26 Å². The highest BCUT2D eigenvalue weighted by Crippen LogP contribution is 2.28. The van der Waals surface area contributed by atoms with E-state index in [0.717, 1.165) is 16.1 Å². The molecular weight excluding hydrogens is 366 g/mol. The van der Waals surface area contributed by atoms with E-state index in [-0.39, 0.29) is 17.1 Å². The van der Waals surface area contributed by atoms with E-state index in [1.807, 2.05) is 22.9 Å². The highest BCUT2D eigenvalue weighted by Gasteiger charge is 2.19. The zero-order valence-corrected chi connectivity index (χ0v) is 15.1. The predicted molar refractivity (Wildman–Crippen MR) is 94.1 cm³/mol.